The third-order valence-electron chi connectivity index (χ3n) is 6.13. The Morgan fingerprint density at radius 3 is 2.17 bits per heavy atom. The van der Waals surface area contributed by atoms with Crippen molar-refractivity contribution in [2.24, 2.45) is 10.2 Å². The van der Waals surface area contributed by atoms with E-state index in [0.29, 0.717) is 11.1 Å². The molecule has 2 atom stereocenters. The maximum Gasteiger partial charge on any atom is 0.180 e. The summed E-state index contributed by atoms with van der Waals surface area (Å²) in [6.07, 6.45) is -1.37. The third-order valence-corrected chi connectivity index (χ3v) is 7.96. The predicted molar refractivity (Wildman–Crippen MR) is 159 cm³/mol. The van der Waals surface area contributed by atoms with Crippen LogP contribution in [0.25, 0.3) is 0 Å². The molecule has 232 valence electrons. The van der Waals surface area contributed by atoms with Gasteiger partial charge in [-0.2, -0.15) is 5.26 Å². The molecule has 6 N–H and O–H groups in total. The van der Waals surface area contributed by atoms with Gasteiger partial charge in [0.25, 0.3) is 0 Å². The number of benzene rings is 1. The predicted octanol–water partition coefficient (Wildman–Crippen LogP) is 1.64. The van der Waals surface area contributed by atoms with E-state index in [2.05, 4.69) is 31.9 Å². The number of aliphatic hydroxyl groups excluding tert-OH is 4. The SMILES string of the molecule is COc1cc(S(=O)(=O)CCN(CC(C)O)CC(C)O)c(C)cc1N=Nc1c(NCCO)nc(NCCO)c(C#N)c1C. The molecule has 0 aliphatic carbocycles. The smallest absolute Gasteiger partial charge is 0.180 e. The third kappa shape index (κ3) is 9.58. The van der Waals surface area contributed by atoms with Crippen LogP contribution in [0.1, 0.15) is 30.5 Å². The van der Waals surface area contributed by atoms with E-state index in [1.165, 1.54) is 19.2 Å². The van der Waals surface area contributed by atoms with Gasteiger partial charge in [-0.05, 0) is 39.3 Å². The van der Waals surface area contributed by atoms with Crippen LogP contribution in [0.3, 0.4) is 0 Å². The van der Waals surface area contributed by atoms with Crippen molar-refractivity contribution in [2.45, 2.75) is 44.8 Å². The number of rotatable bonds is 17. The van der Waals surface area contributed by atoms with Crippen molar-refractivity contribution in [1.82, 2.24) is 9.88 Å². The number of anilines is 2. The number of pyridine rings is 1. The summed E-state index contributed by atoms with van der Waals surface area (Å²) in [7, 11) is -2.40. The van der Waals surface area contributed by atoms with E-state index in [1.807, 2.05) is 0 Å². The molecule has 0 saturated heterocycles. The number of hydrogen-bond donors (Lipinski definition) is 6. The Bertz CT molecular complexity index is 1370. The number of nitrogens with one attached hydrogen (secondary N) is 2. The van der Waals surface area contributed by atoms with Crippen molar-refractivity contribution in [3.8, 4) is 11.8 Å². The number of azo groups is 1. The molecular weight excluding hydrogens is 566 g/mol. The van der Waals surface area contributed by atoms with Crippen molar-refractivity contribution >= 4 is 32.8 Å². The first-order valence-electron chi connectivity index (χ1n) is 13.4. The highest BCUT2D eigenvalue weighted by Crippen LogP contribution is 2.38. The van der Waals surface area contributed by atoms with Crippen LogP contribution in [-0.4, -0.2) is 110 Å². The molecule has 1 aromatic carbocycles. The molecule has 0 spiro atoms. The molecular formula is C27H41N7O7S. The molecule has 0 bridgehead atoms. The fraction of sp³-hybridized carbons (Fsp3) is 0.556. The van der Waals surface area contributed by atoms with Crippen LogP contribution < -0.4 is 15.4 Å². The lowest BCUT2D eigenvalue weighted by Crippen LogP contribution is -2.39. The average Bonchev–Trinajstić information content (AvgIpc) is 2.92. The number of ether oxygens (including phenoxy) is 1. The zero-order chi connectivity index (χ0) is 31.4. The number of aromatic nitrogens is 1. The molecule has 2 aromatic rings. The number of aliphatic hydroxyl groups is 4. The second-order valence-electron chi connectivity index (χ2n) is 9.84. The molecule has 0 radical (unpaired) electrons. The van der Waals surface area contributed by atoms with E-state index in [9.17, 15) is 29.0 Å². The first-order chi connectivity index (χ1) is 19.9. The average molecular weight is 608 g/mol. The second-order valence-corrected chi connectivity index (χ2v) is 11.9. The van der Waals surface area contributed by atoms with E-state index >= 15 is 0 Å². The fourth-order valence-electron chi connectivity index (χ4n) is 4.25. The Hall–Kier alpha value is -3.39. The minimum absolute atomic E-state index is 0.0570. The Morgan fingerprint density at radius 1 is 1.05 bits per heavy atom. The van der Waals surface area contributed by atoms with Crippen LogP contribution >= 0.6 is 0 Å². The summed E-state index contributed by atoms with van der Waals surface area (Å²) in [5.74, 6) is 0.408. The lowest BCUT2D eigenvalue weighted by molar-refractivity contribution is 0.0873. The van der Waals surface area contributed by atoms with Crippen molar-refractivity contribution in [3.05, 3.63) is 28.8 Å². The van der Waals surface area contributed by atoms with Crippen LogP contribution in [-0.2, 0) is 9.84 Å². The van der Waals surface area contributed by atoms with E-state index < -0.39 is 22.0 Å². The molecule has 0 saturated carbocycles. The first kappa shape index (κ1) is 34.8. The summed E-state index contributed by atoms with van der Waals surface area (Å²) >= 11 is 0. The van der Waals surface area contributed by atoms with Gasteiger partial charge in [-0.25, -0.2) is 13.4 Å². The standard InChI is InChI=1S/C27H41N7O7S/c1-17-12-22(23(41-5)13-24(17)42(39,40)11-8-34(15-18(2)37)16-19(3)38)32-33-25-20(4)21(14-28)26(29-6-9-35)31-27(25)30-7-10-36/h12-13,18-19,35-38H,6-11,15-16H2,1-5H3,(H2,29,30,31). The summed E-state index contributed by atoms with van der Waals surface area (Å²) in [4.78, 5) is 6.15. The Kier molecular flexibility index (Phi) is 13.5. The molecule has 1 heterocycles. The van der Waals surface area contributed by atoms with Gasteiger partial charge in [-0.1, -0.05) is 0 Å². The van der Waals surface area contributed by atoms with Crippen LogP contribution in [0.15, 0.2) is 27.3 Å². The topological polar surface area (TPSA) is 213 Å². The lowest BCUT2D eigenvalue weighted by atomic mass is 10.1. The Balaban J connectivity index is 2.47. The summed E-state index contributed by atoms with van der Waals surface area (Å²) in [6, 6.07) is 5.00. The van der Waals surface area contributed by atoms with Crippen LogP contribution in [0.4, 0.5) is 23.0 Å². The summed E-state index contributed by atoms with van der Waals surface area (Å²) < 4.78 is 32.1. The summed E-state index contributed by atoms with van der Waals surface area (Å²) in [5.41, 5.74) is 1.55. The highest BCUT2D eigenvalue weighted by Gasteiger charge is 2.23. The molecule has 0 aliphatic heterocycles. The van der Waals surface area contributed by atoms with Crippen molar-refractivity contribution in [3.63, 3.8) is 0 Å². The zero-order valence-corrected chi connectivity index (χ0v) is 25.4. The Labute approximate surface area is 246 Å². The summed E-state index contributed by atoms with van der Waals surface area (Å²) in [6.45, 7) is 7.01. The largest absolute Gasteiger partial charge is 0.494 e. The van der Waals surface area contributed by atoms with Gasteiger partial charge in [0.15, 0.2) is 15.7 Å². The fourth-order valence-corrected chi connectivity index (χ4v) is 5.81. The minimum atomic E-state index is -3.78. The van der Waals surface area contributed by atoms with Gasteiger partial charge in [0.1, 0.15) is 29.0 Å². The second kappa shape index (κ2) is 16.3. The van der Waals surface area contributed by atoms with Crippen molar-refractivity contribution in [2.75, 3.05) is 69.4 Å². The molecule has 0 amide bonds. The maximum atomic E-state index is 13.3. The number of aryl methyl sites for hydroxylation is 1. The molecule has 1 aromatic heterocycles. The van der Waals surface area contributed by atoms with Gasteiger partial charge in [0.2, 0.25) is 0 Å². The molecule has 42 heavy (non-hydrogen) atoms. The van der Waals surface area contributed by atoms with Crippen LogP contribution in [0.2, 0.25) is 0 Å². The van der Waals surface area contributed by atoms with E-state index in [4.69, 9.17) is 9.84 Å². The maximum absolute atomic E-state index is 13.3. The zero-order valence-electron chi connectivity index (χ0n) is 24.6. The molecule has 2 unspecified atom stereocenters. The number of sulfone groups is 1. The van der Waals surface area contributed by atoms with Gasteiger partial charge in [-0.3, -0.25) is 4.90 Å². The minimum Gasteiger partial charge on any atom is -0.494 e. The molecule has 14 nitrogen and oxygen atoms in total. The van der Waals surface area contributed by atoms with E-state index in [0.717, 1.165) is 0 Å². The van der Waals surface area contributed by atoms with Gasteiger partial charge >= 0.3 is 0 Å². The molecule has 0 fully saturated rings. The highest BCUT2D eigenvalue weighted by atomic mass is 32.2. The number of methoxy groups -OCH3 is 1. The van der Waals surface area contributed by atoms with Gasteiger partial charge < -0.3 is 35.8 Å². The lowest BCUT2D eigenvalue weighted by Gasteiger charge is -2.25. The Morgan fingerprint density at radius 2 is 1.64 bits per heavy atom. The van der Waals surface area contributed by atoms with E-state index in [1.54, 1.807) is 32.6 Å². The normalized spacial score (nSPS) is 13.3. The monoisotopic (exact) mass is 607 g/mol. The number of nitriles is 1. The van der Waals surface area contributed by atoms with Gasteiger partial charge in [0.05, 0.1) is 48.7 Å². The first-order valence-corrected chi connectivity index (χ1v) is 15.1. The van der Waals surface area contributed by atoms with Crippen LogP contribution in [0.5, 0.6) is 5.75 Å². The molecule has 2 rings (SSSR count). The molecule has 15 heteroatoms. The molecule has 0 aliphatic rings. The van der Waals surface area contributed by atoms with Gasteiger partial charge in [0, 0.05) is 44.4 Å². The summed E-state index contributed by atoms with van der Waals surface area (Å²) in [5, 5.41) is 62.2. The number of nitrogens with zero attached hydrogens (tertiary/aromatic N) is 5. The van der Waals surface area contributed by atoms with Crippen molar-refractivity contribution in [1.29, 1.82) is 5.26 Å². The van der Waals surface area contributed by atoms with E-state index in [-0.39, 0.29) is 90.9 Å². The quantitative estimate of drug-likeness (QED) is 0.142. The number of hydrogen-bond acceptors (Lipinski definition) is 14. The van der Waals surface area contributed by atoms with Crippen molar-refractivity contribution < 1.29 is 33.6 Å². The van der Waals surface area contributed by atoms with Gasteiger partial charge in [-0.15, -0.1) is 10.2 Å². The highest BCUT2D eigenvalue weighted by molar-refractivity contribution is 7.91. The van der Waals surface area contributed by atoms with Crippen LogP contribution in [0, 0.1) is 25.2 Å².